The summed E-state index contributed by atoms with van der Waals surface area (Å²) in [6.07, 6.45) is 1.10. The van der Waals surface area contributed by atoms with Crippen LogP contribution in [0.4, 0.5) is 5.69 Å². The predicted octanol–water partition coefficient (Wildman–Crippen LogP) is 2.23. The van der Waals surface area contributed by atoms with Crippen LogP contribution in [0.15, 0.2) is 48.5 Å². The molecule has 0 atom stereocenters. The van der Waals surface area contributed by atoms with Gasteiger partial charge >= 0.3 is 5.97 Å². The number of Topliss-reactive ketones (excluding diaryl/α,β-unsaturated/α-hetero) is 1. The zero-order valence-corrected chi connectivity index (χ0v) is 15.7. The van der Waals surface area contributed by atoms with E-state index in [2.05, 4.69) is 5.32 Å². The Kier molecular flexibility index (Phi) is 6.46. The van der Waals surface area contributed by atoms with Crippen LogP contribution in [-0.4, -0.2) is 38.9 Å². The first-order chi connectivity index (χ1) is 12.6. The standard InChI is InChI=1S/C19H19NO6S/c1-13(21)15-6-4-8-17(10-15)20-18(22)11-26-19(23)16-7-3-5-14(9-16)12-27(2,24)25/h3-10H,11-12H2,1-2H3,(H,20,22). The maximum Gasteiger partial charge on any atom is 0.338 e. The molecule has 0 aliphatic carbocycles. The van der Waals surface area contributed by atoms with Crippen molar-refractivity contribution >= 4 is 33.2 Å². The van der Waals surface area contributed by atoms with Crippen LogP contribution in [0.5, 0.6) is 0 Å². The molecule has 0 bridgehead atoms. The molecule has 2 aromatic carbocycles. The molecule has 0 saturated carbocycles. The third kappa shape index (κ3) is 6.67. The number of ketones is 1. The number of carbonyl (C=O) groups is 3. The molecule has 0 spiro atoms. The summed E-state index contributed by atoms with van der Waals surface area (Å²) in [5.41, 5.74) is 1.48. The topological polar surface area (TPSA) is 107 Å². The first kappa shape index (κ1) is 20.3. The molecule has 0 aromatic heterocycles. The highest BCUT2D eigenvalue weighted by Crippen LogP contribution is 2.12. The number of nitrogens with one attached hydrogen (secondary N) is 1. The predicted molar refractivity (Wildman–Crippen MR) is 100 cm³/mol. The molecule has 8 heteroatoms. The molecule has 0 aliphatic rings. The third-order valence-electron chi connectivity index (χ3n) is 3.48. The van der Waals surface area contributed by atoms with Gasteiger partial charge in [-0.25, -0.2) is 13.2 Å². The van der Waals surface area contributed by atoms with Crippen molar-refractivity contribution in [1.29, 1.82) is 0 Å². The Bertz CT molecular complexity index is 981. The van der Waals surface area contributed by atoms with Gasteiger partial charge in [0.25, 0.3) is 5.91 Å². The minimum atomic E-state index is -3.23. The minimum absolute atomic E-state index is 0.133. The first-order valence-corrected chi connectivity index (χ1v) is 10.0. The summed E-state index contributed by atoms with van der Waals surface area (Å²) in [5, 5.41) is 2.54. The van der Waals surface area contributed by atoms with Crippen LogP contribution < -0.4 is 5.32 Å². The number of sulfone groups is 1. The maximum atomic E-state index is 12.1. The SMILES string of the molecule is CC(=O)c1cccc(NC(=O)COC(=O)c2cccc(CS(C)(=O)=O)c2)c1. The third-order valence-corrected chi connectivity index (χ3v) is 4.34. The molecule has 0 unspecified atom stereocenters. The molecule has 0 saturated heterocycles. The minimum Gasteiger partial charge on any atom is -0.452 e. The van der Waals surface area contributed by atoms with Crippen LogP contribution in [0.3, 0.4) is 0 Å². The van der Waals surface area contributed by atoms with Crippen molar-refractivity contribution in [2.75, 3.05) is 18.2 Å². The molecule has 0 fully saturated rings. The normalized spacial score (nSPS) is 10.9. The Hall–Kier alpha value is -3.00. The van der Waals surface area contributed by atoms with Crippen molar-refractivity contribution in [1.82, 2.24) is 0 Å². The number of benzene rings is 2. The van der Waals surface area contributed by atoms with E-state index in [1.54, 1.807) is 30.3 Å². The highest BCUT2D eigenvalue weighted by Gasteiger charge is 2.13. The van der Waals surface area contributed by atoms with Crippen molar-refractivity contribution in [3.05, 3.63) is 65.2 Å². The summed E-state index contributed by atoms with van der Waals surface area (Å²) in [4.78, 5) is 35.3. The fourth-order valence-corrected chi connectivity index (χ4v) is 3.10. The fourth-order valence-electron chi connectivity index (χ4n) is 2.32. The van der Waals surface area contributed by atoms with Crippen molar-refractivity contribution in [3.8, 4) is 0 Å². The lowest BCUT2D eigenvalue weighted by atomic mass is 10.1. The quantitative estimate of drug-likeness (QED) is 0.575. The summed E-state index contributed by atoms with van der Waals surface area (Å²) in [6.45, 7) is 0.903. The fraction of sp³-hybridized carbons (Fsp3) is 0.211. The molecule has 1 amide bonds. The second-order valence-electron chi connectivity index (χ2n) is 6.03. The molecule has 0 heterocycles. The van der Waals surface area contributed by atoms with Gasteiger partial charge in [-0.3, -0.25) is 9.59 Å². The van der Waals surface area contributed by atoms with Crippen molar-refractivity contribution in [2.24, 2.45) is 0 Å². The number of hydrogen-bond acceptors (Lipinski definition) is 6. The van der Waals surface area contributed by atoms with Crippen LogP contribution >= 0.6 is 0 Å². The van der Waals surface area contributed by atoms with Crippen LogP contribution in [0, 0.1) is 0 Å². The van der Waals surface area contributed by atoms with Crippen LogP contribution in [-0.2, 0) is 25.1 Å². The van der Waals surface area contributed by atoms with Crippen LogP contribution in [0.1, 0.15) is 33.2 Å². The van der Waals surface area contributed by atoms with E-state index in [9.17, 15) is 22.8 Å². The zero-order valence-electron chi connectivity index (χ0n) is 14.9. The highest BCUT2D eigenvalue weighted by atomic mass is 32.2. The first-order valence-electron chi connectivity index (χ1n) is 7.99. The van der Waals surface area contributed by atoms with E-state index in [1.807, 2.05) is 0 Å². The number of amides is 1. The van der Waals surface area contributed by atoms with E-state index in [0.29, 0.717) is 16.8 Å². The largest absolute Gasteiger partial charge is 0.452 e. The highest BCUT2D eigenvalue weighted by molar-refractivity contribution is 7.89. The van der Waals surface area contributed by atoms with Gasteiger partial charge in [0, 0.05) is 17.5 Å². The van der Waals surface area contributed by atoms with Crippen molar-refractivity contribution < 1.29 is 27.5 Å². The van der Waals surface area contributed by atoms with Gasteiger partial charge in [-0.15, -0.1) is 0 Å². The lowest BCUT2D eigenvalue weighted by Crippen LogP contribution is -2.21. The Balaban J connectivity index is 1.95. The summed E-state index contributed by atoms with van der Waals surface area (Å²) >= 11 is 0. The number of rotatable bonds is 7. The molecule has 2 rings (SSSR count). The van der Waals surface area contributed by atoms with Gasteiger partial charge in [0.15, 0.2) is 22.2 Å². The molecular weight excluding hydrogens is 370 g/mol. The second kappa shape index (κ2) is 8.59. The number of carbonyl (C=O) groups excluding carboxylic acids is 3. The Morgan fingerprint density at radius 1 is 1.00 bits per heavy atom. The Morgan fingerprint density at radius 2 is 1.67 bits per heavy atom. The number of hydrogen-bond donors (Lipinski definition) is 1. The zero-order chi connectivity index (χ0) is 20.0. The molecular formula is C19H19NO6S. The van der Waals surface area contributed by atoms with Crippen LogP contribution in [0.2, 0.25) is 0 Å². The van der Waals surface area contributed by atoms with Gasteiger partial charge in [0.1, 0.15) is 0 Å². The maximum absolute atomic E-state index is 12.1. The van der Waals surface area contributed by atoms with E-state index in [0.717, 1.165) is 6.26 Å². The van der Waals surface area contributed by atoms with E-state index >= 15 is 0 Å². The second-order valence-corrected chi connectivity index (χ2v) is 8.17. The molecule has 0 aliphatic heterocycles. The van der Waals surface area contributed by atoms with E-state index in [1.165, 1.54) is 25.1 Å². The van der Waals surface area contributed by atoms with Crippen molar-refractivity contribution in [2.45, 2.75) is 12.7 Å². The molecule has 27 heavy (non-hydrogen) atoms. The number of esters is 1. The van der Waals surface area contributed by atoms with Gasteiger partial charge in [-0.1, -0.05) is 24.3 Å². The number of anilines is 1. The van der Waals surface area contributed by atoms with Gasteiger partial charge < -0.3 is 10.1 Å². The lowest BCUT2D eigenvalue weighted by molar-refractivity contribution is -0.119. The summed E-state index contributed by atoms with van der Waals surface area (Å²) in [5.74, 6) is -1.62. The molecule has 0 radical (unpaired) electrons. The van der Waals surface area contributed by atoms with Gasteiger partial charge in [0.2, 0.25) is 0 Å². The molecule has 2 aromatic rings. The Labute approximate surface area is 157 Å². The molecule has 1 N–H and O–H groups in total. The average molecular weight is 389 g/mol. The van der Waals surface area contributed by atoms with Gasteiger partial charge in [-0.05, 0) is 36.8 Å². The van der Waals surface area contributed by atoms with E-state index in [4.69, 9.17) is 4.74 Å². The van der Waals surface area contributed by atoms with Crippen molar-refractivity contribution in [3.63, 3.8) is 0 Å². The lowest BCUT2D eigenvalue weighted by Gasteiger charge is -2.08. The van der Waals surface area contributed by atoms with Gasteiger partial charge in [-0.2, -0.15) is 0 Å². The number of ether oxygens (including phenoxy) is 1. The summed E-state index contributed by atoms with van der Waals surface area (Å²) in [7, 11) is -3.23. The van der Waals surface area contributed by atoms with Crippen LogP contribution in [0.25, 0.3) is 0 Å². The summed E-state index contributed by atoms with van der Waals surface area (Å²) in [6, 6.07) is 12.4. The average Bonchev–Trinajstić information content (AvgIpc) is 2.58. The van der Waals surface area contributed by atoms with E-state index < -0.39 is 28.3 Å². The monoisotopic (exact) mass is 389 g/mol. The summed E-state index contributed by atoms with van der Waals surface area (Å²) < 4.78 is 27.7. The Morgan fingerprint density at radius 3 is 2.33 bits per heavy atom. The van der Waals surface area contributed by atoms with Gasteiger partial charge in [0.05, 0.1) is 11.3 Å². The molecule has 142 valence electrons. The van der Waals surface area contributed by atoms with E-state index in [-0.39, 0.29) is 17.1 Å². The smallest absolute Gasteiger partial charge is 0.338 e. The molecule has 7 nitrogen and oxygen atoms in total.